The largest absolute Gasteiger partial charge is 0.376 e. The molecule has 0 unspecified atom stereocenters. The van der Waals surface area contributed by atoms with Crippen LogP contribution in [0.2, 0.25) is 0 Å². The second-order valence-electron chi connectivity index (χ2n) is 6.74. The van der Waals surface area contributed by atoms with Crippen molar-refractivity contribution in [2.24, 2.45) is 0 Å². The van der Waals surface area contributed by atoms with E-state index >= 15 is 0 Å². The molecule has 0 aliphatic carbocycles. The van der Waals surface area contributed by atoms with Crippen LogP contribution in [-0.4, -0.2) is 55.2 Å². The van der Waals surface area contributed by atoms with Crippen LogP contribution in [0.3, 0.4) is 0 Å². The molecule has 2 heterocycles. The standard InChI is InChI=1S/C17H23FN2O3S2/c1-12-4-5-13(9-16(12)18)19-17(24)20(10-15-3-2-7-23-15)14-6-8-25(21,22)11-14/h4-5,9,14-15H,2-3,6-8,10-11H2,1H3,(H,19,24)/t14-,15+/m1/s1. The number of anilines is 1. The van der Waals surface area contributed by atoms with Crippen molar-refractivity contribution in [3.05, 3.63) is 29.6 Å². The Hall–Kier alpha value is -1.25. The molecule has 2 saturated heterocycles. The molecule has 1 aromatic rings. The summed E-state index contributed by atoms with van der Waals surface area (Å²) in [6.45, 7) is 2.98. The van der Waals surface area contributed by atoms with Crippen molar-refractivity contribution in [1.82, 2.24) is 4.90 Å². The number of ether oxygens (including phenoxy) is 1. The minimum atomic E-state index is -3.02. The summed E-state index contributed by atoms with van der Waals surface area (Å²) < 4.78 is 43.2. The molecule has 8 heteroatoms. The van der Waals surface area contributed by atoms with E-state index in [1.807, 2.05) is 4.90 Å². The third-order valence-corrected chi connectivity index (χ3v) is 6.84. The number of rotatable bonds is 4. The average Bonchev–Trinajstić information content (AvgIpc) is 3.17. The lowest BCUT2D eigenvalue weighted by Crippen LogP contribution is -2.47. The summed E-state index contributed by atoms with van der Waals surface area (Å²) in [7, 11) is -3.02. The summed E-state index contributed by atoms with van der Waals surface area (Å²) in [5, 5.41) is 3.47. The van der Waals surface area contributed by atoms with Gasteiger partial charge < -0.3 is 15.0 Å². The molecule has 0 saturated carbocycles. The van der Waals surface area contributed by atoms with Gasteiger partial charge in [-0.15, -0.1) is 0 Å². The van der Waals surface area contributed by atoms with Crippen molar-refractivity contribution in [2.45, 2.75) is 38.3 Å². The molecule has 1 N–H and O–H groups in total. The monoisotopic (exact) mass is 386 g/mol. The second-order valence-corrected chi connectivity index (χ2v) is 9.35. The molecule has 0 aromatic heterocycles. The fourth-order valence-corrected chi connectivity index (χ4v) is 5.36. The van der Waals surface area contributed by atoms with E-state index in [0.29, 0.717) is 29.3 Å². The number of nitrogens with one attached hydrogen (secondary N) is 1. The SMILES string of the molecule is Cc1ccc(NC(=S)N(C[C@@H]2CCCO2)[C@@H]2CCS(=O)(=O)C2)cc1F. The van der Waals surface area contributed by atoms with Gasteiger partial charge in [-0.25, -0.2) is 12.8 Å². The van der Waals surface area contributed by atoms with E-state index in [9.17, 15) is 12.8 Å². The van der Waals surface area contributed by atoms with Gasteiger partial charge >= 0.3 is 0 Å². The third kappa shape index (κ3) is 4.68. The molecule has 1 aromatic carbocycles. The zero-order valence-corrected chi connectivity index (χ0v) is 15.8. The smallest absolute Gasteiger partial charge is 0.173 e. The van der Waals surface area contributed by atoms with Crippen molar-refractivity contribution in [3.8, 4) is 0 Å². The molecule has 3 rings (SSSR count). The van der Waals surface area contributed by atoms with Crippen molar-refractivity contribution in [3.63, 3.8) is 0 Å². The first kappa shape index (κ1) is 18.5. The predicted molar refractivity (Wildman–Crippen MR) is 100 cm³/mol. The molecule has 5 nitrogen and oxygen atoms in total. The van der Waals surface area contributed by atoms with Gasteiger partial charge in [-0.3, -0.25) is 0 Å². The Kier molecular flexibility index (Phi) is 5.60. The molecule has 0 bridgehead atoms. The summed E-state index contributed by atoms with van der Waals surface area (Å²) in [6.07, 6.45) is 2.56. The van der Waals surface area contributed by atoms with Crippen LogP contribution in [0.15, 0.2) is 18.2 Å². The van der Waals surface area contributed by atoms with E-state index < -0.39 is 9.84 Å². The summed E-state index contributed by atoms with van der Waals surface area (Å²) >= 11 is 5.52. The summed E-state index contributed by atoms with van der Waals surface area (Å²) in [5.41, 5.74) is 1.13. The van der Waals surface area contributed by atoms with Gasteiger partial charge in [-0.1, -0.05) is 6.07 Å². The first-order chi connectivity index (χ1) is 11.8. The Morgan fingerprint density at radius 2 is 2.24 bits per heavy atom. The molecular weight excluding hydrogens is 363 g/mol. The molecule has 2 aliphatic heterocycles. The molecule has 138 valence electrons. The lowest BCUT2D eigenvalue weighted by molar-refractivity contribution is 0.0851. The number of hydrogen-bond acceptors (Lipinski definition) is 4. The third-order valence-electron chi connectivity index (χ3n) is 4.76. The van der Waals surface area contributed by atoms with Gasteiger partial charge in [-0.2, -0.15) is 0 Å². The van der Waals surface area contributed by atoms with Crippen molar-refractivity contribution >= 4 is 32.9 Å². The highest BCUT2D eigenvalue weighted by Crippen LogP contribution is 2.23. The highest BCUT2D eigenvalue weighted by atomic mass is 32.2. The molecule has 25 heavy (non-hydrogen) atoms. The highest BCUT2D eigenvalue weighted by Gasteiger charge is 2.35. The predicted octanol–water partition coefficient (Wildman–Crippen LogP) is 2.50. The summed E-state index contributed by atoms with van der Waals surface area (Å²) in [4.78, 5) is 1.91. The Bertz CT molecular complexity index is 748. The highest BCUT2D eigenvalue weighted by molar-refractivity contribution is 7.91. The Labute approximate surface area is 153 Å². The lowest BCUT2D eigenvalue weighted by atomic mass is 10.1. The van der Waals surface area contributed by atoms with Crippen LogP contribution in [0, 0.1) is 12.7 Å². The topological polar surface area (TPSA) is 58.6 Å². The Balaban J connectivity index is 1.74. The van der Waals surface area contributed by atoms with E-state index in [1.54, 1.807) is 19.1 Å². The maximum Gasteiger partial charge on any atom is 0.173 e. The van der Waals surface area contributed by atoms with E-state index in [0.717, 1.165) is 19.4 Å². The first-order valence-corrected chi connectivity index (χ1v) is 10.7. The van der Waals surface area contributed by atoms with Crippen LogP contribution in [0.5, 0.6) is 0 Å². The number of thiocarbonyl (C=S) groups is 1. The summed E-state index contributed by atoms with van der Waals surface area (Å²) in [6, 6.07) is 4.69. The van der Waals surface area contributed by atoms with Crippen LogP contribution in [0.1, 0.15) is 24.8 Å². The van der Waals surface area contributed by atoms with Gasteiger partial charge in [0.05, 0.1) is 17.6 Å². The van der Waals surface area contributed by atoms with Crippen LogP contribution in [0.25, 0.3) is 0 Å². The van der Waals surface area contributed by atoms with Gasteiger partial charge in [0, 0.05) is 24.9 Å². The Morgan fingerprint density at radius 1 is 1.44 bits per heavy atom. The molecule has 2 aliphatic rings. The van der Waals surface area contributed by atoms with Gasteiger partial charge in [0.2, 0.25) is 0 Å². The van der Waals surface area contributed by atoms with E-state index in [1.165, 1.54) is 6.07 Å². The van der Waals surface area contributed by atoms with Crippen LogP contribution in [0.4, 0.5) is 10.1 Å². The molecule has 2 fully saturated rings. The zero-order valence-electron chi connectivity index (χ0n) is 14.2. The van der Waals surface area contributed by atoms with E-state index in [-0.39, 0.29) is 29.5 Å². The number of hydrogen-bond donors (Lipinski definition) is 1. The summed E-state index contributed by atoms with van der Waals surface area (Å²) in [5.74, 6) is -0.0208. The second kappa shape index (κ2) is 7.55. The zero-order chi connectivity index (χ0) is 18.0. The maximum atomic E-state index is 13.8. The molecule has 2 atom stereocenters. The van der Waals surface area contributed by atoms with Crippen molar-refractivity contribution < 1.29 is 17.5 Å². The average molecular weight is 387 g/mol. The minimum Gasteiger partial charge on any atom is -0.376 e. The fraction of sp³-hybridized carbons (Fsp3) is 0.588. The van der Waals surface area contributed by atoms with E-state index in [2.05, 4.69) is 5.32 Å². The van der Waals surface area contributed by atoms with E-state index in [4.69, 9.17) is 17.0 Å². The number of nitrogens with zero attached hydrogens (tertiary/aromatic N) is 1. The van der Waals surface area contributed by atoms with Crippen molar-refractivity contribution in [2.75, 3.05) is 30.0 Å². The number of aryl methyl sites for hydroxylation is 1. The number of halogens is 1. The fourth-order valence-electron chi connectivity index (χ4n) is 3.29. The molecule has 0 radical (unpaired) electrons. The van der Waals surface area contributed by atoms with Crippen LogP contribution in [-0.2, 0) is 14.6 Å². The van der Waals surface area contributed by atoms with Gasteiger partial charge in [-0.05, 0) is 56.1 Å². The number of benzene rings is 1. The molecular formula is C17H23FN2O3S2. The van der Waals surface area contributed by atoms with Gasteiger partial charge in [0.1, 0.15) is 5.82 Å². The normalized spacial score (nSPS) is 25.0. The van der Waals surface area contributed by atoms with Crippen LogP contribution < -0.4 is 5.32 Å². The lowest BCUT2D eigenvalue weighted by Gasteiger charge is -2.33. The van der Waals surface area contributed by atoms with Gasteiger partial charge in [0.25, 0.3) is 0 Å². The minimum absolute atomic E-state index is 0.0535. The first-order valence-electron chi connectivity index (χ1n) is 8.50. The van der Waals surface area contributed by atoms with Crippen molar-refractivity contribution in [1.29, 1.82) is 0 Å². The Morgan fingerprint density at radius 3 is 2.84 bits per heavy atom. The molecule has 0 amide bonds. The number of sulfone groups is 1. The van der Waals surface area contributed by atoms with Gasteiger partial charge in [0.15, 0.2) is 14.9 Å². The molecule has 0 spiro atoms. The van der Waals surface area contributed by atoms with Crippen LogP contribution >= 0.6 is 12.2 Å². The quantitative estimate of drug-likeness (QED) is 0.803. The maximum absolute atomic E-state index is 13.8.